The molecule has 2 aromatic heterocycles. The third kappa shape index (κ3) is 4.62. The van der Waals surface area contributed by atoms with Crippen LogP contribution in [0.4, 0.5) is 24.9 Å². The molecule has 2 heterocycles. The summed E-state index contributed by atoms with van der Waals surface area (Å²) in [6.07, 6.45) is 9.47. The largest absolute Gasteiger partial charge is 0.351 e. The number of nitrogens with two attached hydrogens (primary N) is 1. The number of halogens is 3. The molecule has 33 heavy (non-hydrogen) atoms. The molecular formula is C23H28F3N7. The monoisotopic (exact) mass is 459 g/mol. The van der Waals surface area contributed by atoms with E-state index >= 15 is 8.78 Å². The van der Waals surface area contributed by atoms with Gasteiger partial charge in [0.1, 0.15) is 5.82 Å². The Hall–Kier alpha value is -2.88. The van der Waals surface area contributed by atoms with Gasteiger partial charge in [-0.05, 0) is 62.8 Å². The SMILES string of the molecule is NC1CCC(Nc2nc(NC(F)(F)c3ccc(F)cc3)c3ncn(C4CCCC4)c3n2)CC1. The fourth-order valence-electron chi connectivity index (χ4n) is 4.84. The molecule has 0 bridgehead atoms. The zero-order chi connectivity index (χ0) is 23.0. The molecule has 3 aromatic rings. The van der Waals surface area contributed by atoms with Crippen molar-refractivity contribution < 1.29 is 13.2 Å². The molecule has 2 aliphatic carbocycles. The van der Waals surface area contributed by atoms with Gasteiger partial charge in [-0.25, -0.2) is 9.37 Å². The predicted molar refractivity (Wildman–Crippen MR) is 121 cm³/mol. The summed E-state index contributed by atoms with van der Waals surface area (Å²) in [4.78, 5) is 13.5. The van der Waals surface area contributed by atoms with Gasteiger partial charge in [0, 0.05) is 23.7 Å². The van der Waals surface area contributed by atoms with Gasteiger partial charge in [0.05, 0.1) is 6.33 Å². The number of anilines is 2. The molecule has 2 aliphatic rings. The number of nitrogens with one attached hydrogen (secondary N) is 2. The van der Waals surface area contributed by atoms with Crippen molar-refractivity contribution in [3.63, 3.8) is 0 Å². The molecule has 5 rings (SSSR count). The van der Waals surface area contributed by atoms with Gasteiger partial charge < -0.3 is 20.9 Å². The van der Waals surface area contributed by atoms with Crippen LogP contribution in [0.1, 0.15) is 63.0 Å². The van der Waals surface area contributed by atoms with E-state index in [1.807, 2.05) is 4.57 Å². The van der Waals surface area contributed by atoms with E-state index in [1.54, 1.807) is 6.33 Å². The van der Waals surface area contributed by atoms with Crippen LogP contribution in [-0.4, -0.2) is 31.6 Å². The highest BCUT2D eigenvalue weighted by Gasteiger charge is 2.34. The second-order valence-corrected chi connectivity index (χ2v) is 9.12. The molecule has 7 nitrogen and oxygen atoms in total. The van der Waals surface area contributed by atoms with Gasteiger partial charge in [-0.3, -0.25) is 0 Å². The van der Waals surface area contributed by atoms with E-state index in [9.17, 15) is 4.39 Å². The van der Waals surface area contributed by atoms with E-state index < -0.39 is 11.9 Å². The summed E-state index contributed by atoms with van der Waals surface area (Å²) in [6, 6.07) is 1.24. The molecule has 0 aliphatic heterocycles. The average Bonchev–Trinajstić information content (AvgIpc) is 3.45. The molecule has 0 atom stereocenters. The molecule has 0 radical (unpaired) electrons. The molecule has 2 fully saturated rings. The molecule has 0 unspecified atom stereocenters. The van der Waals surface area contributed by atoms with Crippen LogP contribution in [0.15, 0.2) is 30.6 Å². The second kappa shape index (κ2) is 8.81. The fourth-order valence-corrected chi connectivity index (χ4v) is 4.84. The topological polar surface area (TPSA) is 93.7 Å². The van der Waals surface area contributed by atoms with Crippen molar-refractivity contribution in [3.8, 4) is 0 Å². The first-order chi connectivity index (χ1) is 15.9. The Labute approximate surface area is 190 Å². The molecule has 1 aromatic carbocycles. The zero-order valence-corrected chi connectivity index (χ0v) is 18.3. The lowest BCUT2D eigenvalue weighted by molar-refractivity contribution is 0.0281. The Bertz CT molecular complexity index is 1100. The van der Waals surface area contributed by atoms with Gasteiger partial charge in [0.15, 0.2) is 17.0 Å². The quantitative estimate of drug-likeness (QED) is 0.453. The van der Waals surface area contributed by atoms with Crippen LogP contribution in [0.3, 0.4) is 0 Å². The molecule has 0 saturated heterocycles. The number of hydrogen-bond acceptors (Lipinski definition) is 6. The summed E-state index contributed by atoms with van der Waals surface area (Å²) in [6.45, 7) is 0. The minimum atomic E-state index is -3.47. The van der Waals surface area contributed by atoms with Crippen molar-refractivity contribution in [3.05, 3.63) is 42.0 Å². The van der Waals surface area contributed by atoms with E-state index in [4.69, 9.17) is 5.73 Å². The lowest BCUT2D eigenvalue weighted by atomic mass is 9.92. The van der Waals surface area contributed by atoms with Gasteiger partial charge in [-0.15, -0.1) is 0 Å². The van der Waals surface area contributed by atoms with E-state index in [0.29, 0.717) is 17.1 Å². The van der Waals surface area contributed by atoms with E-state index in [1.165, 1.54) is 0 Å². The average molecular weight is 460 g/mol. The molecule has 176 valence electrons. The first-order valence-corrected chi connectivity index (χ1v) is 11.6. The third-order valence-electron chi connectivity index (χ3n) is 6.73. The Morgan fingerprint density at radius 1 is 0.970 bits per heavy atom. The number of hydrogen-bond donors (Lipinski definition) is 3. The van der Waals surface area contributed by atoms with Crippen LogP contribution in [0.5, 0.6) is 0 Å². The first kappa shape index (κ1) is 21.9. The number of rotatable bonds is 6. The van der Waals surface area contributed by atoms with Crippen molar-refractivity contribution in [1.82, 2.24) is 19.5 Å². The van der Waals surface area contributed by atoms with Crippen LogP contribution in [-0.2, 0) is 6.05 Å². The number of aromatic nitrogens is 4. The minimum Gasteiger partial charge on any atom is -0.351 e. The first-order valence-electron chi connectivity index (χ1n) is 11.6. The summed E-state index contributed by atoms with van der Waals surface area (Å²) in [5.41, 5.74) is 6.47. The van der Waals surface area contributed by atoms with Crippen LogP contribution >= 0.6 is 0 Å². The summed E-state index contributed by atoms with van der Waals surface area (Å²) in [5.74, 6) is -0.339. The van der Waals surface area contributed by atoms with Crippen LogP contribution in [0, 0.1) is 5.82 Å². The summed E-state index contributed by atoms with van der Waals surface area (Å²) in [7, 11) is 0. The molecule has 10 heteroatoms. The predicted octanol–water partition coefficient (Wildman–Crippen LogP) is 4.92. The van der Waals surface area contributed by atoms with Crippen LogP contribution in [0.25, 0.3) is 11.2 Å². The van der Waals surface area contributed by atoms with Crippen molar-refractivity contribution in [1.29, 1.82) is 0 Å². The molecule has 2 saturated carbocycles. The smallest absolute Gasteiger partial charge is 0.351 e. The summed E-state index contributed by atoms with van der Waals surface area (Å²) >= 11 is 0. The van der Waals surface area contributed by atoms with Crippen molar-refractivity contribution in [2.24, 2.45) is 5.73 Å². The number of imidazole rings is 1. The standard InChI is InChI=1S/C23H28F3N7/c24-15-7-5-14(6-8-15)23(25,26)32-20-19-21(33(13-28-19)18-3-1-2-4-18)31-22(30-20)29-17-11-9-16(27)10-12-17/h5-8,13,16-18H,1-4,9-12,27H2,(H2,29,30,31,32). The highest BCUT2D eigenvalue weighted by Crippen LogP contribution is 2.36. The van der Waals surface area contributed by atoms with Gasteiger partial charge in [0.2, 0.25) is 5.95 Å². The fraction of sp³-hybridized carbons (Fsp3) is 0.522. The second-order valence-electron chi connectivity index (χ2n) is 9.12. The minimum absolute atomic E-state index is 0.0546. The Morgan fingerprint density at radius 3 is 2.36 bits per heavy atom. The maximum Gasteiger partial charge on any atom is 0.351 e. The maximum atomic E-state index is 15.1. The Morgan fingerprint density at radius 2 is 1.67 bits per heavy atom. The Kier molecular flexibility index (Phi) is 5.86. The van der Waals surface area contributed by atoms with Gasteiger partial charge >= 0.3 is 6.05 Å². The molecular weight excluding hydrogens is 431 g/mol. The van der Waals surface area contributed by atoms with Gasteiger partial charge in [-0.2, -0.15) is 18.7 Å². The number of nitrogens with zero attached hydrogens (tertiary/aromatic N) is 4. The number of benzene rings is 1. The normalized spacial score (nSPS) is 22.1. The van der Waals surface area contributed by atoms with E-state index in [2.05, 4.69) is 25.6 Å². The van der Waals surface area contributed by atoms with Gasteiger partial charge in [0.25, 0.3) is 0 Å². The van der Waals surface area contributed by atoms with Crippen molar-refractivity contribution in [2.45, 2.75) is 75.5 Å². The lowest BCUT2D eigenvalue weighted by Crippen LogP contribution is -2.33. The van der Waals surface area contributed by atoms with Crippen LogP contribution in [0.2, 0.25) is 0 Å². The Balaban J connectivity index is 1.50. The van der Waals surface area contributed by atoms with Crippen molar-refractivity contribution >= 4 is 22.9 Å². The lowest BCUT2D eigenvalue weighted by Gasteiger charge is -2.27. The van der Waals surface area contributed by atoms with Crippen LogP contribution < -0.4 is 16.4 Å². The number of fused-ring (bicyclic) bond motifs is 1. The molecule has 0 spiro atoms. The van der Waals surface area contributed by atoms with E-state index in [-0.39, 0.29) is 29.5 Å². The van der Waals surface area contributed by atoms with E-state index in [0.717, 1.165) is 75.6 Å². The summed E-state index contributed by atoms with van der Waals surface area (Å²) in [5, 5.41) is 5.56. The maximum absolute atomic E-state index is 15.1. The molecule has 4 N–H and O–H groups in total. The number of alkyl halides is 2. The van der Waals surface area contributed by atoms with Crippen molar-refractivity contribution in [2.75, 3.05) is 10.6 Å². The third-order valence-corrected chi connectivity index (χ3v) is 6.73. The highest BCUT2D eigenvalue weighted by molar-refractivity contribution is 5.84. The zero-order valence-electron chi connectivity index (χ0n) is 18.3. The molecule has 0 amide bonds. The summed E-state index contributed by atoms with van der Waals surface area (Å²) < 4.78 is 45.4. The highest BCUT2D eigenvalue weighted by atomic mass is 19.3. The van der Waals surface area contributed by atoms with Gasteiger partial charge in [-0.1, -0.05) is 12.8 Å².